The van der Waals surface area contributed by atoms with Crippen molar-refractivity contribution in [1.82, 2.24) is 24.6 Å². The van der Waals surface area contributed by atoms with E-state index in [1.807, 2.05) is 32.4 Å². The molecule has 1 aliphatic rings. The third-order valence-corrected chi connectivity index (χ3v) is 4.16. The van der Waals surface area contributed by atoms with Gasteiger partial charge in [0.25, 0.3) is 5.91 Å². The largest absolute Gasteiger partial charge is 0.340 e. The molecule has 0 spiro atoms. The van der Waals surface area contributed by atoms with Gasteiger partial charge in [-0.25, -0.2) is 4.98 Å². The number of hydrogen-bond acceptors (Lipinski definition) is 3. The normalized spacial score (nSPS) is 17.5. The molecule has 3 heterocycles. The number of nitrogens with one attached hydrogen (secondary N) is 1. The molecule has 6 nitrogen and oxygen atoms in total. The minimum Gasteiger partial charge on any atom is -0.340 e. The van der Waals surface area contributed by atoms with Crippen LogP contribution in [0.4, 0.5) is 0 Å². The van der Waals surface area contributed by atoms with E-state index in [1.54, 1.807) is 4.90 Å². The van der Waals surface area contributed by atoms with E-state index in [4.69, 9.17) is 0 Å². The Morgan fingerprint density at radius 1 is 1.57 bits per heavy atom. The van der Waals surface area contributed by atoms with Gasteiger partial charge in [0.2, 0.25) is 0 Å². The Morgan fingerprint density at radius 2 is 2.43 bits per heavy atom. The Balaban J connectivity index is 1.61. The number of carbonyl (C=O) groups excluding carboxylic acids is 1. The molecule has 2 aromatic heterocycles. The summed E-state index contributed by atoms with van der Waals surface area (Å²) < 4.78 is 2.19. The number of nitrogens with zero attached hydrogens (tertiary/aromatic N) is 4. The molecule has 0 saturated heterocycles. The van der Waals surface area contributed by atoms with Crippen molar-refractivity contribution in [2.45, 2.75) is 32.7 Å². The molecular weight excluding hydrogens is 266 g/mol. The molecule has 0 aliphatic carbocycles. The highest BCUT2D eigenvalue weighted by molar-refractivity contribution is 5.92. The van der Waals surface area contributed by atoms with Crippen molar-refractivity contribution in [3.8, 4) is 0 Å². The van der Waals surface area contributed by atoms with Crippen molar-refractivity contribution < 1.29 is 4.79 Å². The SMILES string of the molecule is CCc1cc(C(=O)N(C)C[C@@H]2CCn3ccnc3C2)n[nH]1. The van der Waals surface area contributed by atoms with Gasteiger partial charge in [-0.1, -0.05) is 6.92 Å². The summed E-state index contributed by atoms with van der Waals surface area (Å²) in [5.41, 5.74) is 1.50. The van der Waals surface area contributed by atoms with Crippen molar-refractivity contribution in [3.63, 3.8) is 0 Å². The van der Waals surface area contributed by atoms with Crippen LogP contribution in [0, 0.1) is 5.92 Å². The van der Waals surface area contributed by atoms with Gasteiger partial charge in [-0.3, -0.25) is 9.89 Å². The van der Waals surface area contributed by atoms with Crippen LogP contribution < -0.4 is 0 Å². The first kappa shape index (κ1) is 13.9. The minimum atomic E-state index is -0.0140. The molecular formula is C15H21N5O. The van der Waals surface area contributed by atoms with Gasteiger partial charge < -0.3 is 9.47 Å². The number of aromatic nitrogens is 4. The lowest BCUT2D eigenvalue weighted by Crippen LogP contribution is -2.35. The van der Waals surface area contributed by atoms with Crippen molar-refractivity contribution in [1.29, 1.82) is 0 Å². The third-order valence-electron chi connectivity index (χ3n) is 4.16. The summed E-state index contributed by atoms with van der Waals surface area (Å²) in [6, 6.07) is 1.84. The van der Waals surface area contributed by atoms with Gasteiger partial charge in [-0.2, -0.15) is 5.10 Å². The number of rotatable bonds is 4. The quantitative estimate of drug-likeness (QED) is 0.926. The van der Waals surface area contributed by atoms with Gasteiger partial charge in [0.15, 0.2) is 0 Å². The molecule has 112 valence electrons. The molecule has 1 N–H and O–H groups in total. The van der Waals surface area contributed by atoms with Crippen molar-refractivity contribution in [2.24, 2.45) is 5.92 Å². The molecule has 1 atom stereocenters. The second kappa shape index (κ2) is 5.71. The number of H-pyrrole nitrogens is 1. The van der Waals surface area contributed by atoms with Crippen LogP contribution in [0.1, 0.15) is 35.4 Å². The zero-order valence-corrected chi connectivity index (χ0v) is 12.5. The zero-order chi connectivity index (χ0) is 14.8. The van der Waals surface area contributed by atoms with Crippen LogP contribution in [0.5, 0.6) is 0 Å². The molecule has 0 fully saturated rings. The Morgan fingerprint density at radius 3 is 3.19 bits per heavy atom. The predicted octanol–water partition coefficient (Wildman–Crippen LogP) is 1.50. The van der Waals surface area contributed by atoms with Crippen LogP contribution in [0.3, 0.4) is 0 Å². The summed E-state index contributed by atoms with van der Waals surface area (Å²) in [4.78, 5) is 18.5. The van der Waals surface area contributed by atoms with Crippen LogP contribution in [0.15, 0.2) is 18.5 Å². The zero-order valence-electron chi connectivity index (χ0n) is 12.5. The summed E-state index contributed by atoms with van der Waals surface area (Å²) in [6.45, 7) is 3.78. The Labute approximate surface area is 124 Å². The number of amides is 1. The van der Waals surface area contributed by atoms with E-state index in [2.05, 4.69) is 19.7 Å². The van der Waals surface area contributed by atoms with Crippen LogP contribution in [-0.4, -0.2) is 44.1 Å². The smallest absolute Gasteiger partial charge is 0.274 e. The number of aryl methyl sites for hydroxylation is 2. The highest BCUT2D eigenvalue weighted by atomic mass is 16.2. The molecule has 2 aromatic rings. The highest BCUT2D eigenvalue weighted by Crippen LogP contribution is 2.20. The maximum atomic E-state index is 12.4. The van der Waals surface area contributed by atoms with E-state index >= 15 is 0 Å². The Kier molecular flexibility index (Phi) is 3.77. The molecule has 1 aliphatic heterocycles. The van der Waals surface area contributed by atoms with Crippen LogP contribution >= 0.6 is 0 Å². The molecule has 6 heteroatoms. The number of imidazole rings is 1. The fourth-order valence-electron chi connectivity index (χ4n) is 2.89. The van der Waals surface area contributed by atoms with Crippen molar-refractivity contribution in [2.75, 3.05) is 13.6 Å². The van der Waals surface area contributed by atoms with E-state index in [9.17, 15) is 4.79 Å². The Hall–Kier alpha value is -2.11. The summed E-state index contributed by atoms with van der Waals surface area (Å²) in [6.07, 6.45) is 6.75. The molecule has 0 bridgehead atoms. The van der Waals surface area contributed by atoms with E-state index in [0.717, 1.165) is 43.9 Å². The average molecular weight is 287 g/mol. The number of aromatic amines is 1. The van der Waals surface area contributed by atoms with Crippen LogP contribution in [-0.2, 0) is 19.4 Å². The maximum Gasteiger partial charge on any atom is 0.274 e. The summed E-state index contributed by atoms with van der Waals surface area (Å²) in [5, 5.41) is 6.99. The monoisotopic (exact) mass is 287 g/mol. The number of carbonyl (C=O) groups is 1. The second-order valence-electron chi connectivity index (χ2n) is 5.71. The van der Waals surface area contributed by atoms with Crippen molar-refractivity contribution in [3.05, 3.63) is 35.7 Å². The first-order valence-corrected chi connectivity index (χ1v) is 7.47. The molecule has 21 heavy (non-hydrogen) atoms. The number of hydrogen-bond donors (Lipinski definition) is 1. The van der Waals surface area contributed by atoms with Gasteiger partial charge in [0.1, 0.15) is 11.5 Å². The molecule has 0 radical (unpaired) electrons. The van der Waals surface area contributed by atoms with Gasteiger partial charge >= 0.3 is 0 Å². The van der Waals surface area contributed by atoms with Crippen LogP contribution in [0.2, 0.25) is 0 Å². The predicted molar refractivity (Wildman–Crippen MR) is 79.0 cm³/mol. The fourth-order valence-corrected chi connectivity index (χ4v) is 2.89. The summed E-state index contributed by atoms with van der Waals surface area (Å²) in [5.74, 6) is 1.58. The lowest BCUT2D eigenvalue weighted by atomic mass is 9.97. The van der Waals surface area contributed by atoms with E-state index in [-0.39, 0.29) is 5.91 Å². The van der Waals surface area contributed by atoms with E-state index in [1.165, 1.54) is 0 Å². The van der Waals surface area contributed by atoms with Crippen molar-refractivity contribution >= 4 is 5.91 Å². The van der Waals surface area contributed by atoms with Gasteiger partial charge in [0.05, 0.1) is 0 Å². The van der Waals surface area contributed by atoms with E-state index in [0.29, 0.717) is 11.6 Å². The summed E-state index contributed by atoms with van der Waals surface area (Å²) in [7, 11) is 1.85. The van der Waals surface area contributed by atoms with Crippen LogP contribution in [0.25, 0.3) is 0 Å². The second-order valence-corrected chi connectivity index (χ2v) is 5.71. The van der Waals surface area contributed by atoms with Gasteiger partial charge in [-0.15, -0.1) is 0 Å². The fraction of sp³-hybridized carbons (Fsp3) is 0.533. The lowest BCUT2D eigenvalue weighted by molar-refractivity contribution is 0.0758. The lowest BCUT2D eigenvalue weighted by Gasteiger charge is -2.27. The van der Waals surface area contributed by atoms with Gasteiger partial charge in [0, 0.05) is 44.6 Å². The van der Waals surface area contributed by atoms with E-state index < -0.39 is 0 Å². The first-order chi connectivity index (χ1) is 10.2. The molecule has 1 amide bonds. The molecule has 0 aromatic carbocycles. The molecule has 0 unspecified atom stereocenters. The molecule has 3 rings (SSSR count). The average Bonchev–Trinajstić information content (AvgIpc) is 3.14. The highest BCUT2D eigenvalue weighted by Gasteiger charge is 2.23. The summed E-state index contributed by atoms with van der Waals surface area (Å²) >= 11 is 0. The minimum absolute atomic E-state index is 0.0140. The first-order valence-electron chi connectivity index (χ1n) is 7.47. The Bertz CT molecular complexity index is 630. The third kappa shape index (κ3) is 2.84. The number of fused-ring (bicyclic) bond motifs is 1. The standard InChI is InChI=1S/C15H21N5O/c1-3-12-9-13(18-17-12)15(21)19(2)10-11-4-6-20-7-5-16-14(20)8-11/h5,7,9,11H,3-4,6,8,10H2,1-2H3,(H,17,18)/t11-/m1/s1. The van der Waals surface area contributed by atoms with Gasteiger partial charge in [-0.05, 0) is 24.8 Å². The maximum absolute atomic E-state index is 12.4. The molecule has 0 saturated carbocycles. The topological polar surface area (TPSA) is 66.8 Å².